The molecule has 0 radical (unpaired) electrons. The largest absolute Gasteiger partial charge is 0.378 e. The molecular weight excluding hydrogens is 308 g/mol. The van der Waals surface area contributed by atoms with E-state index in [1.807, 2.05) is 0 Å². The van der Waals surface area contributed by atoms with E-state index < -0.39 is 0 Å². The molecule has 1 aromatic carbocycles. The number of thiophene rings is 1. The molecule has 23 heavy (non-hydrogen) atoms. The first-order chi connectivity index (χ1) is 11.3. The topological polar surface area (TPSA) is 50.3 Å². The van der Waals surface area contributed by atoms with Crippen molar-refractivity contribution in [3.63, 3.8) is 0 Å². The van der Waals surface area contributed by atoms with Crippen LogP contribution in [0.3, 0.4) is 0 Å². The van der Waals surface area contributed by atoms with E-state index in [1.165, 1.54) is 11.3 Å². The predicted molar refractivity (Wildman–Crippen MR) is 94.9 cm³/mol. The molecule has 1 aliphatic heterocycles. The Bertz CT molecular complexity index is 809. The summed E-state index contributed by atoms with van der Waals surface area (Å²) in [6.45, 7) is 5.58. The number of ether oxygens (including phenoxy) is 1. The van der Waals surface area contributed by atoms with Gasteiger partial charge in [0.2, 0.25) is 0 Å². The Hall–Kier alpha value is -2.18. The van der Waals surface area contributed by atoms with Crippen molar-refractivity contribution in [2.45, 2.75) is 6.92 Å². The van der Waals surface area contributed by atoms with E-state index in [9.17, 15) is 0 Å². The van der Waals surface area contributed by atoms with Gasteiger partial charge in [0.15, 0.2) is 5.82 Å². The van der Waals surface area contributed by atoms with Crippen molar-refractivity contribution in [2.75, 3.05) is 36.5 Å². The summed E-state index contributed by atoms with van der Waals surface area (Å²) >= 11 is 1.68. The van der Waals surface area contributed by atoms with Crippen LogP contribution < -0.4 is 10.2 Å². The molecule has 0 bridgehead atoms. The van der Waals surface area contributed by atoms with Crippen LogP contribution >= 0.6 is 11.3 Å². The summed E-state index contributed by atoms with van der Waals surface area (Å²) in [5.74, 6) is 0.868. The zero-order chi connectivity index (χ0) is 15.6. The third kappa shape index (κ3) is 2.87. The molecule has 6 heteroatoms. The van der Waals surface area contributed by atoms with E-state index in [4.69, 9.17) is 4.74 Å². The van der Waals surface area contributed by atoms with Gasteiger partial charge in [-0.05, 0) is 42.1 Å². The summed E-state index contributed by atoms with van der Waals surface area (Å²) in [4.78, 5) is 11.1. The van der Waals surface area contributed by atoms with Gasteiger partial charge in [0, 0.05) is 24.5 Å². The van der Waals surface area contributed by atoms with Gasteiger partial charge in [-0.1, -0.05) is 0 Å². The predicted octanol–water partition coefficient (Wildman–Crippen LogP) is 3.58. The van der Waals surface area contributed by atoms with Gasteiger partial charge >= 0.3 is 0 Å². The van der Waals surface area contributed by atoms with Crippen LogP contribution in [0.15, 0.2) is 36.0 Å². The molecule has 4 rings (SSSR count). The molecule has 5 nitrogen and oxygen atoms in total. The Morgan fingerprint density at radius 3 is 2.70 bits per heavy atom. The van der Waals surface area contributed by atoms with E-state index in [-0.39, 0.29) is 0 Å². The quantitative estimate of drug-likeness (QED) is 0.797. The fraction of sp³-hybridized carbons (Fsp3) is 0.294. The van der Waals surface area contributed by atoms with Crippen molar-refractivity contribution in [3.05, 3.63) is 41.5 Å². The SMILES string of the molecule is Cc1csc2c(Nc3ccc(N4CCOCC4)cc3)ncnc12. The highest BCUT2D eigenvalue weighted by Crippen LogP contribution is 2.30. The first kappa shape index (κ1) is 14.4. The van der Waals surface area contributed by atoms with Crippen LogP contribution in [0, 0.1) is 6.92 Å². The molecule has 1 fully saturated rings. The van der Waals surface area contributed by atoms with Crippen molar-refractivity contribution in [3.8, 4) is 0 Å². The number of morpholine rings is 1. The first-order valence-corrected chi connectivity index (χ1v) is 8.58. The number of nitrogens with one attached hydrogen (secondary N) is 1. The van der Waals surface area contributed by atoms with E-state index >= 15 is 0 Å². The van der Waals surface area contributed by atoms with Crippen LogP contribution in [0.2, 0.25) is 0 Å². The van der Waals surface area contributed by atoms with Crippen molar-refractivity contribution >= 4 is 38.7 Å². The maximum Gasteiger partial charge on any atom is 0.151 e. The van der Waals surface area contributed by atoms with Gasteiger partial charge in [-0.15, -0.1) is 11.3 Å². The van der Waals surface area contributed by atoms with Crippen LogP contribution in [0.1, 0.15) is 5.56 Å². The lowest BCUT2D eigenvalue weighted by atomic mass is 10.2. The second kappa shape index (κ2) is 6.14. The number of nitrogens with zero attached hydrogens (tertiary/aromatic N) is 3. The minimum Gasteiger partial charge on any atom is -0.378 e. The highest BCUT2D eigenvalue weighted by Gasteiger charge is 2.11. The Labute approximate surface area is 138 Å². The smallest absolute Gasteiger partial charge is 0.151 e. The van der Waals surface area contributed by atoms with Crippen molar-refractivity contribution in [2.24, 2.45) is 0 Å². The van der Waals surface area contributed by atoms with E-state index in [2.05, 4.69) is 56.8 Å². The third-order valence-corrected chi connectivity index (χ3v) is 5.13. The molecule has 0 spiro atoms. The van der Waals surface area contributed by atoms with Crippen LogP contribution in [0.5, 0.6) is 0 Å². The van der Waals surface area contributed by atoms with Crippen LogP contribution in [-0.4, -0.2) is 36.3 Å². The van der Waals surface area contributed by atoms with Crippen molar-refractivity contribution in [1.82, 2.24) is 9.97 Å². The van der Waals surface area contributed by atoms with E-state index in [1.54, 1.807) is 17.7 Å². The fourth-order valence-electron chi connectivity index (χ4n) is 2.77. The lowest BCUT2D eigenvalue weighted by molar-refractivity contribution is 0.122. The summed E-state index contributed by atoms with van der Waals surface area (Å²) in [5.41, 5.74) is 4.49. The minimum atomic E-state index is 0.802. The van der Waals surface area contributed by atoms with Gasteiger partial charge in [-0.25, -0.2) is 9.97 Å². The first-order valence-electron chi connectivity index (χ1n) is 7.70. The third-order valence-electron chi connectivity index (χ3n) is 4.04. The zero-order valence-corrected chi connectivity index (χ0v) is 13.8. The Morgan fingerprint density at radius 1 is 1.13 bits per heavy atom. The average molecular weight is 326 g/mol. The van der Waals surface area contributed by atoms with Gasteiger partial charge in [0.1, 0.15) is 6.33 Å². The van der Waals surface area contributed by atoms with Gasteiger partial charge in [0.05, 0.1) is 23.4 Å². The Morgan fingerprint density at radius 2 is 1.91 bits per heavy atom. The number of hydrogen-bond donors (Lipinski definition) is 1. The van der Waals surface area contributed by atoms with Gasteiger partial charge in [-0.2, -0.15) is 0 Å². The summed E-state index contributed by atoms with van der Waals surface area (Å²) in [6, 6.07) is 8.48. The molecule has 0 atom stereocenters. The lowest BCUT2D eigenvalue weighted by Gasteiger charge is -2.28. The number of fused-ring (bicyclic) bond motifs is 1. The molecule has 1 saturated heterocycles. The molecule has 3 aromatic rings. The molecule has 1 aliphatic rings. The summed E-state index contributed by atoms with van der Waals surface area (Å²) in [6.07, 6.45) is 1.62. The molecule has 1 N–H and O–H groups in total. The number of rotatable bonds is 3. The molecule has 2 aromatic heterocycles. The van der Waals surface area contributed by atoms with Crippen LogP contribution in [0.4, 0.5) is 17.2 Å². The summed E-state index contributed by atoms with van der Waals surface area (Å²) in [5, 5.41) is 5.52. The molecule has 0 aliphatic carbocycles. The molecule has 3 heterocycles. The van der Waals surface area contributed by atoms with E-state index in [0.29, 0.717) is 0 Å². The maximum atomic E-state index is 5.40. The number of benzene rings is 1. The second-order valence-corrected chi connectivity index (χ2v) is 6.47. The number of aromatic nitrogens is 2. The monoisotopic (exact) mass is 326 g/mol. The minimum absolute atomic E-state index is 0.802. The second-order valence-electron chi connectivity index (χ2n) is 5.59. The Balaban J connectivity index is 1.56. The van der Waals surface area contributed by atoms with Crippen LogP contribution in [0.25, 0.3) is 10.2 Å². The molecule has 118 valence electrons. The van der Waals surface area contributed by atoms with Crippen molar-refractivity contribution in [1.29, 1.82) is 0 Å². The summed E-state index contributed by atoms with van der Waals surface area (Å²) < 4.78 is 6.50. The molecular formula is C17H18N4OS. The zero-order valence-electron chi connectivity index (χ0n) is 13.0. The van der Waals surface area contributed by atoms with Gasteiger partial charge in [-0.3, -0.25) is 0 Å². The number of hydrogen-bond acceptors (Lipinski definition) is 6. The van der Waals surface area contributed by atoms with Gasteiger partial charge < -0.3 is 15.0 Å². The van der Waals surface area contributed by atoms with E-state index in [0.717, 1.165) is 48.0 Å². The molecule has 0 amide bonds. The van der Waals surface area contributed by atoms with Crippen LogP contribution in [-0.2, 0) is 4.74 Å². The Kier molecular flexibility index (Phi) is 3.85. The van der Waals surface area contributed by atoms with Crippen molar-refractivity contribution < 1.29 is 4.74 Å². The highest BCUT2D eigenvalue weighted by molar-refractivity contribution is 7.18. The normalized spacial score (nSPS) is 15.1. The van der Waals surface area contributed by atoms with Gasteiger partial charge in [0.25, 0.3) is 0 Å². The fourth-order valence-corrected chi connectivity index (χ4v) is 3.72. The standard InChI is InChI=1S/C17H18N4OS/c1-12-10-23-16-15(12)18-11-19-17(16)20-13-2-4-14(5-3-13)21-6-8-22-9-7-21/h2-5,10-11H,6-9H2,1H3,(H,18,19,20). The average Bonchev–Trinajstić information content (AvgIpc) is 2.99. The lowest BCUT2D eigenvalue weighted by Crippen LogP contribution is -2.36. The highest BCUT2D eigenvalue weighted by atomic mass is 32.1. The summed E-state index contributed by atoms with van der Waals surface area (Å²) in [7, 11) is 0. The maximum absolute atomic E-state index is 5.40. The molecule has 0 saturated carbocycles. The number of anilines is 3. The number of aryl methyl sites for hydroxylation is 1. The molecule has 0 unspecified atom stereocenters.